The van der Waals surface area contributed by atoms with Crippen molar-refractivity contribution in [3.05, 3.63) is 32.1 Å². The highest BCUT2D eigenvalue weighted by molar-refractivity contribution is 5.75. The average molecular weight is 224 g/mol. The van der Waals surface area contributed by atoms with Crippen molar-refractivity contribution < 1.29 is 4.79 Å². The first-order valence-corrected chi connectivity index (χ1v) is 5.11. The number of rotatable bonds is 3. The maximum Gasteiger partial charge on any atom is 0.330 e. The van der Waals surface area contributed by atoms with Crippen LogP contribution in [0.15, 0.2) is 9.59 Å². The molecule has 16 heavy (non-hydrogen) atoms. The van der Waals surface area contributed by atoms with Gasteiger partial charge in [0.2, 0.25) is 0 Å². The minimum absolute atomic E-state index is 0.0373. The molecule has 0 radical (unpaired) electrons. The molecule has 0 saturated carbocycles. The minimum Gasteiger partial charge on any atom is -0.301 e. The summed E-state index contributed by atoms with van der Waals surface area (Å²) < 4.78 is 2.50. The highest BCUT2D eigenvalue weighted by Gasteiger charge is 2.12. The second-order valence-corrected chi connectivity index (χ2v) is 3.97. The summed E-state index contributed by atoms with van der Waals surface area (Å²) in [6.07, 6.45) is 0.718. The van der Waals surface area contributed by atoms with Crippen molar-refractivity contribution in [3.8, 4) is 0 Å². The molecule has 0 aromatic carbocycles. The first-order valence-electron chi connectivity index (χ1n) is 5.11. The van der Waals surface area contributed by atoms with Gasteiger partial charge in [-0.25, -0.2) is 4.79 Å². The van der Waals surface area contributed by atoms with Gasteiger partial charge in [0.1, 0.15) is 5.78 Å². The summed E-state index contributed by atoms with van der Waals surface area (Å²) in [4.78, 5) is 34.3. The summed E-state index contributed by atoms with van der Waals surface area (Å²) in [7, 11) is 3.07. The number of Topliss-reactive ketones (excluding diaryl/α,β-unsaturated/α-hetero) is 1. The van der Waals surface area contributed by atoms with Crippen LogP contribution in [0.25, 0.3) is 0 Å². The normalized spacial score (nSPS) is 10.5. The average Bonchev–Trinajstić information content (AvgIpc) is 2.23. The number of carbonyl (C=O) groups excluding carboxylic acids is 1. The van der Waals surface area contributed by atoms with Crippen LogP contribution in [-0.4, -0.2) is 14.9 Å². The number of nitrogens with zero attached hydrogens (tertiary/aromatic N) is 2. The topological polar surface area (TPSA) is 61.1 Å². The van der Waals surface area contributed by atoms with E-state index in [1.807, 2.05) is 0 Å². The molecule has 5 heteroatoms. The van der Waals surface area contributed by atoms with Crippen molar-refractivity contribution in [2.24, 2.45) is 14.1 Å². The standard InChI is InChI=1S/C11H16N2O3/c1-7(14)5-6-9-8(2)12(3)11(16)13(4)10(9)15/h5-6H2,1-4H3. The molecule has 0 amide bonds. The Bertz CT molecular complexity index is 537. The van der Waals surface area contributed by atoms with Gasteiger partial charge in [0.25, 0.3) is 5.56 Å². The maximum absolute atomic E-state index is 11.8. The fourth-order valence-corrected chi connectivity index (χ4v) is 1.60. The van der Waals surface area contributed by atoms with Gasteiger partial charge in [0.15, 0.2) is 0 Å². The Balaban J connectivity index is 3.35. The molecular weight excluding hydrogens is 208 g/mol. The van der Waals surface area contributed by atoms with E-state index in [-0.39, 0.29) is 17.0 Å². The quantitative estimate of drug-likeness (QED) is 0.721. The first kappa shape index (κ1) is 12.4. The molecule has 0 unspecified atom stereocenters. The molecule has 0 aliphatic rings. The highest BCUT2D eigenvalue weighted by atomic mass is 16.2. The van der Waals surface area contributed by atoms with Gasteiger partial charge in [-0.1, -0.05) is 0 Å². The van der Waals surface area contributed by atoms with E-state index >= 15 is 0 Å². The molecule has 0 aliphatic carbocycles. The predicted molar refractivity (Wildman–Crippen MR) is 60.7 cm³/mol. The zero-order chi connectivity index (χ0) is 12.5. The van der Waals surface area contributed by atoms with Gasteiger partial charge in [-0.3, -0.25) is 9.36 Å². The Kier molecular flexibility index (Phi) is 3.47. The molecule has 5 nitrogen and oxygen atoms in total. The van der Waals surface area contributed by atoms with Crippen molar-refractivity contribution in [2.45, 2.75) is 26.7 Å². The van der Waals surface area contributed by atoms with Crippen LogP contribution >= 0.6 is 0 Å². The fraction of sp³-hybridized carbons (Fsp3) is 0.545. The van der Waals surface area contributed by atoms with Crippen molar-refractivity contribution in [1.29, 1.82) is 0 Å². The number of aromatic nitrogens is 2. The molecule has 0 fully saturated rings. The molecular formula is C11H16N2O3. The summed E-state index contributed by atoms with van der Waals surface area (Å²) >= 11 is 0. The number of ketones is 1. The predicted octanol–water partition coefficient (Wildman–Crippen LogP) is -0.0860. The molecule has 88 valence electrons. The molecule has 1 aromatic heterocycles. The lowest BCUT2D eigenvalue weighted by Crippen LogP contribution is -2.40. The third-order valence-corrected chi connectivity index (χ3v) is 2.80. The van der Waals surface area contributed by atoms with Crippen molar-refractivity contribution >= 4 is 5.78 Å². The molecule has 0 atom stereocenters. The SMILES string of the molecule is CC(=O)CCc1c(C)n(C)c(=O)n(C)c1=O. The molecule has 0 spiro atoms. The molecule has 0 saturated heterocycles. The first-order chi connectivity index (χ1) is 7.36. The number of carbonyl (C=O) groups is 1. The summed E-state index contributed by atoms with van der Waals surface area (Å²) in [6, 6.07) is 0. The van der Waals surface area contributed by atoms with Gasteiger partial charge in [0.05, 0.1) is 0 Å². The Morgan fingerprint density at radius 2 is 1.75 bits per heavy atom. The lowest BCUT2D eigenvalue weighted by atomic mass is 10.1. The molecule has 0 bridgehead atoms. The largest absolute Gasteiger partial charge is 0.330 e. The van der Waals surface area contributed by atoms with E-state index in [4.69, 9.17) is 0 Å². The molecule has 0 N–H and O–H groups in total. The van der Waals surface area contributed by atoms with Gasteiger partial charge in [-0.2, -0.15) is 0 Å². The number of hydrogen-bond donors (Lipinski definition) is 0. The molecule has 0 aliphatic heterocycles. The van der Waals surface area contributed by atoms with Gasteiger partial charge < -0.3 is 9.36 Å². The van der Waals surface area contributed by atoms with E-state index in [1.165, 1.54) is 18.5 Å². The van der Waals surface area contributed by atoms with Crippen LogP contribution in [0.5, 0.6) is 0 Å². The third-order valence-electron chi connectivity index (χ3n) is 2.80. The smallest absolute Gasteiger partial charge is 0.301 e. The van der Waals surface area contributed by atoms with Crippen LogP contribution in [0.1, 0.15) is 24.6 Å². The van der Waals surface area contributed by atoms with Crippen LogP contribution in [0.4, 0.5) is 0 Å². The van der Waals surface area contributed by atoms with Crippen molar-refractivity contribution in [3.63, 3.8) is 0 Å². The Morgan fingerprint density at radius 3 is 2.25 bits per heavy atom. The molecule has 1 heterocycles. The zero-order valence-corrected chi connectivity index (χ0v) is 10.0. The Morgan fingerprint density at radius 1 is 1.19 bits per heavy atom. The van der Waals surface area contributed by atoms with Crippen molar-refractivity contribution in [1.82, 2.24) is 9.13 Å². The summed E-state index contributed by atoms with van der Waals surface area (Å²) in [6.45, 7) is 3.21. The van der Waals surface area contributed by atoms with Gasteiger partial charge in [0, 0.05) is 31.8 Å². The summed E-state index contributed by atoms with van der Waals surface area (Å²) in [5, 5.41) is 0. The van der Waals surface area contributed by atoms with Crippen LogP contribution in [0.2, 0.25) is 0 Å². The van der Waals surface area contributed by atoms with E-state index in [1.54, 1.807) is 14.0 Å². The van der Waals surface area contributed by atoms with E-state index in [0.29, 0.717) is 24.1 Å². The van der Waals surface area contributed by atoms with Crippen LogP contribution in [-0.2, 0) is 25.3 Å². The van der Waals surface area contributed by atoms with E-state index in [0.717, 1.165) is 4.57 Å². The van der Waals surface area contributed by atoms with E-state index in [2.05, 4.69) is 0 Å². The second kappa shape index (κ2) is 4.47. The number of hydrogen-bond acceptors (Lipinski definition) is 3. The van der Waals surface area contributed by atoms with Gasteiger partial charge in [-0.15, -0.1) is 0 Å². The zero-order valence-electron chi connectivity index (χ0n) is 10.0. The Hall–Kier alpha value is -1.65. The lowest BCUT2D eigenvalue weighted by Gasteiger charge is -2.11. The van der Waals surface area contributed by atoms with E-state index in [9.17, 15) is 14.4 Å². The second-order valence-electron chi connectivity index (χ2n) is 3.97. The van der Waals surface area contributed by atoms with Gasteiger partial charge in [-0.05, 0) is 20.3 Å². The Labute approximate surface area is 93.3 Å². The van der Waals surface area contributed by atoms with Crippen LogP contribution in [0.3, 0.4) is 0 Å². The van der Waals surface area contributed by atoms with Crippen LogP contribution < -0.4 is 11.2 Å². The van der Waals surface area contributed by atoms with Crippen molar-refractivity contribution in [2.75, 3.05) is 0 Å². The monoisotopic (exact) mass is 224 g/mol. The minimum atomic E-state index is -0.339. The summed E-state index contributed by atoms with van der Waals surface area (Å²) in [5.74, 6) is 0.0373. The third kappa shape index (κ3) is 2.13. The highest BCUT2D eigenvalue weighted by Crippen LogP contribution is 2.02. The summed E-state index contributed by atoms with van der Waals surface area (Å²) in [5.41, 5.74) is 0.532. The van der Waals surface area contributed by atoms with Crippen LogP contribution in [0, 0.1) is 6.92 Å². The molecule has 1 rings (SSSR count). The maximum atomic E-state index is 11.8. The molecule has 1 aromatic rings. The fourth-order valence-electron chi connectivity index (χ4n) is 1.60. The van der Waals surface area contributed by atoms with E-state index < -0.39 is 0 Å². The lowest BCUT2D eigenvalue weighted by molar-refractivity contribution is -0.116. The van der Waals surface area contributed by atoms with Gasteiger partial charge >= 0.3 is 5.69 Å².